The van der Waals surface area contributed by atoms with Gasteiger partial charge in [-0.2, -0.15) is 4.98 Å². The number of fused-ring (bicyclic) bond motifs is 1. The Balaban J connectivity index is 1.51. The molecule has 6 nitrogen and oxygen atoms in total. The van der Waals surface area contributed by atoms with Gasteiger partial charge in [0.1, 0.15) is 5.82 Å². The number of nitrogens with two attached hydrogens (primary N) is 1. The maximum atomic E-state index is 6.04. The predicted octanol–water partition coefficient (Wildman–Crippen LogP) is 1.59. The summed E-state index contributed by atoms with van der Waals surface area (Å²) in [6, 6.07) is 0.811. The van der Waals surface area contributed by atoms with E-state index in [0.29, 0.717) is 5.95 Å². The molecular weight excluding hydrogens is 312 g/mol. The molecule has 2 fully saturated rings. The van der Waals surface area contributed by atoms with Gasteiger partial charge in [0.05, 0.1) is 5.69 Å². The highest BCUT2D eigenvalue weighted by atomic mass is 15.3. The van der Waals surface area contributed by atoms with Crippen LogP contribution in [0.5, 0.6) is 0 Å². The van der Waals surface area contributed by atoms with Gasteiger partial charge in [0, 0.05) is 50.7 Å². The molecule has 3 N–H and O–H groups in total. The van der Waals surface area contributed by atoms with Crippen molar-refractivity contribution < 1.29 is 0 Å². The fraction of sp³-hybridized carbons (Fsp3) is 0.789. The Kier molecular flexibility index (Phi) is 5.36. The second kappa shape index (κ2) is 7.87. The van der Waals surface area contributed by atoms with Crippen LogP contribution >= 0.6 is 0 Å². The minimum absolute atomic E-state index is 0.434. The van der Waals surface area contributed by atoms with Gasteiger partial charge < -0.3 is 16.0 Å². The van der Waals surface area contributed by atoms with Crippen molar-refractivity contribution in [2.24, 2.45) is 0 Å². The van der Waals surface area contributed by atoms with E-state index < -0.39 is 0 Å². The van der Waals surface area contributed by atoms with Crippen LogP contribution in [0, 0.1) is 0 Å². The number of nitrogens with zero attached hydrogens (tertiary/aromatic N) is 4. The van der Waals surface area contributed by atoms with Gasteiger partial charge >= 0.3 is 0 Å². The van der Waals surface area contributed by atoms with Crippen molar-refractivity contribution >= 4 is 11.8 Å². The average Bonchev–Trinajstić information content (AvgIpc) is 3.02. The molecule has 1 aromatic heterocycles. The molecule has 0 unspecified atom stereocenters. The second-order valence-corrected chi connectivity index (χ2v) is 7.75. The molecule has 2 aliphatic heterocycles. The summed E-state index contributed by atoms with van der Waals surface area (Å²) < 4.78 is 0. The van der Waals surface area contributed by atoms with Crippen LogP contribution in [0.1, 0.15) is 49.8 Å². The predicted molar refractivity (Wildman–Crippen MR) is 102 cm³/mol. The molecule has 0 amide bonds. The van der Waals surface area contributed by atoms with Crippen LogP contribution in [0.15, 0.2) is 0 Å². The molecule has 1 aliphatic carbocycles. The normalized spacial score (nSPS) is 23.8. The first kappa shape index (κ1) is 17.0. The molecule has 0 spiro atoms. The molecule has 0 aromatic carbocycles. The quantitative estimate of drug-likeness (QED) is 0.849. The lowest BCUT2D eigenvalue weighted by Crippen LogP contribution is -2.39. The van der Waals surface area contributed by atoms with Crippen LogP contribution in [-0.2, 0) is 12.8 Å². The maximum absolute atomic E-state index is 6.04. The molecule has 1 saturated heterocycles. The summed E-state index contributed by atoms with van der Waals surface area (Å²) in [6.07, 6.45) is 10.2. The van der Waals surface area contributed by atoms with Crippen LogP contribution in [0.4, 0.5) is 11.8 Å². The number of hydrogen-bond donors (Lipinski definition) is 2. The van der Waals surface area contributed by atoms with Crippen molar-refractivity contribution in [3.8, 4) is 0 Å². The zero-order valence-corrected chi connectivity index (χ0v) is 15.3. The number of anilines is 2. The zero-order valence-electron chi connectivity index (χ0n) is 15.3. The monoisotopic (exact) mass is 344 g/mol. The maximum Gasteiger partial charge on any atom is 0.222 e. The lowest BCUT2D eigenvalue weighted by Gasteiger charge is -2.33. The number of nitrogen functional groups attached to an aromatic ring is 1. The van der Waals surface area contributed by atoms with Crippen LogP contribution in [0.2, 0.25) is 0 Å². The van der Waals surface area contributed by atoms with Crippen molar-refractivity contribution in [2.75, 3.05) is 49.9 Å². The second-order valence-electron chi connectivity index (χ2n) is 7.75. The third kappa shape index (κ3) is 3.90. The Labute approximate surface area is 151 Å². The van der Waals surface area contributed by atoms with Crippen molar-refractivity contribution in [3.63, 3.8) is 0 Å². The number of hydrogen-bond acceptors (Lipinski definition) is 6. The van der Waals surface area contributed by atoms with E-state index in [0.717, 1.165) is 63.1 Å². The van der Waals surface area contributed by atoms with Gasteiger partial charge in [0.25, 0.3) is 0 Å². The van der Waals surface area contributed by atoms with Crippen molar-refractivity contribution in [3.05, 3.63) is 11.3 Å². The third-order valence-electron chi connectivity index (χ3n) is 6.10. The Hall–Kier alpha value is -1.40. The van der Waals surface area contributed by atoms with Gasteiger partial charge in [-0.25, -0.2) is 4.98 Å². The van der Waals surface area contributed by atoms with Gasteiger partial charge in [0.15, 0.2) is 0 Å². The first-order chi connectivity index (χ1) is 12.3. The van der Waals surface area contributed by atoms with E-state index in [9.17, 15) is 0 Å². The first-order valence-corrected chi connectivity index (χ1v) is 10.2. The fourth-order valence-corrected chi connectivity index (χ4v) is 4.77. The minimum atomic E-state index is 0.434. The highest BCUT2D eigenvalue weighted by Crippen LogP contribution is 2.27. The van der Waals surface area contributed by atoms with E-state index in [4.69, 9.17) is 5.73 Å². The van der Waals surface area contributed by atoms with E-state index in [1.54, 1.807) is 0 Å². The number of aromatic nitrogens is 2. The molecule has 0 atom stereocenters. The fourth-order valence-electron chi connectivity index (χ4n) is 4.77. The Morgan fingerprint density at radius 2 is 1.72 bits per heavy atom. The summed E-state index contributed by atoms with van der Waals surface area (Å²) in [7, 11) is 0. The topological polar surface area (TPSA) is 70.3 Å². The van der Waals surface area contributed by atoms with Gasteiger partial charge in [-0.3, -0.25) is 4.90 Å². The molecule has 6 heteroatoms. The Morgan fingerprint density at radius 1 is 0.880 bits per heavy atom. The molecule has 1 saturated carbocycles. The van der Waals surface area contributed by atoms with Crippen LogP contribution in [0.25, 0.3) is 0 Å². The van der Waals surface area contributed by atoms with Gasteiger partial charge in [-0.05, 0) is 32.2 Å². The highest BCUT2D eigenvalue weighted by Gasteiger charge is 2.26. The highest BCUT2D eigenvalue weighted by molar-refractivity contribution is 5.52. The van der Waals surface area contributed by atoms with Gasteiger partial charge in [-0.15, -0.1) is 0 Å². The molecule has 1 aromatic rings. The van der Waals surface area contributed by atoms with Gasteiger partial charge in [-0.1, -0.05) is 19.3 Å². The van der Waals surface area contributed by atoms with Crippen molar-refractivity contribution in [1.29, 1.82) is 0 Å². The number of rotatable bonds is 2. The SMILES string of the molecule is Nc1nc2c(c(N3CCCN(C4CCCCC4)CC3)n1)CCNCC2. The van der Waals surface area contributed by atoms with Crippen LogP contribution in [0.3, 0.4) is 0 Å². The van der Waals surface area contributed by atoms with Crippen molar-refractivity contribution in [1.82, 2.24) is 20.2 Å². The van der Waals surface area contributed by atoms with Crippen molar-refractivity contribution in [2.45, 2.75) is 57.4 Å². The molecular formula is C19H32N6. The molecule has 0 bridgehead atoms. The van der Waals surface area contributed by atoms with E-state index in [-0.39, 0.29) is 0 Å². The molecule has 3 aliphatic rings. The lowest BCUT2D eigenvalue weighted by atomic mass is 9.94. The summed E-state index contributed by atoms with van der Waals surface area (Å²) in [5.41, 5.74) is 8.52. The summed E-state index contributed by atoms with van der Waals surface area (Å²) in [6.45, 7) is 6.52. The van der Waals surface area contributed by atoms with E-state index in [1.807, 2.05) is 0 Å². The van der Waals surface area contributed by atoms with Crippen LogP contribution < -0.4 is 16.0 Å². The molecule has 3 heterocycles. The largest absolute Gasteiger partial charge is 0.368 e. The van der Waals surface area contributed by atoms with E-state index >= 15 is 0 Å². The Morgan fingerprint density at radius 3 is 2.60 bits per heavy atom. The smallest absolute Gasteiger partial charge is 0.222 e. The Bertz CT molecular complexity index is 584. The van der Waals surface area contributed by atoms with Gasteiger partial charge in [0.2, 0.25) is 5.95 Å². The summed E-state index contributed by atoms with van der Waals surface area (Å²) in [5.74, 6) is 1.54. The van der Waals surface area contributed by atoms with E-state index in [1.165, 1.54) is 50.6 Å². The molecule has 4 rings (SSSR count). The lowest BCUT2D eigenvalue weighted by molar-refractivity contribution is 0.166. The molecule has 138 valence electrons. The zero-order chi connectivity index (χ0) is 17.1. The number of nitrogens with one attached hydrogen (secondary N) is 1. The molecule has 25 heavy (non-hydrogen) atoms. The minimum Gasteiger partial charge on any atom is -0.368 e. The molecule has 0 radical (unpaired) electrons. The summed E-state index contributed by atoms with van der Waals surface area (Å²) >= 11 is 0. The first-order valence-electron chi connectivity index (χ1n) is 10.2. The van der Waals surface area contributed by atoms with E-state index in [2.05, 4.69) is 25.1 Å². The average molecular weight is 345 g/mol. The summed E-state index contributed by atoms with van der Waals surface area (Å²) in [5, 5.41) is 3.47. The van der Waals surface area contributed by atoms with Crippen LogP contribution in [-0.4, -0.2) is 60.2 Å². The summed E-state index contributed by atoms with van der Waals surface area (Å²) in [4.78, 5) is 14.4. The standard InChI is InChI=1S/C19H32N6/c20-19-22-17-8-10-21-9-7-16(17)18(23-19)25-12-4-11-24(13-14-25)15-5-2-1-3-6-15/h15,21H,1-14H2,(H2,20,22,23). The third-order valence-corrected chi connectivity index (χ3v) is 6.10.